The summed E-state index contributed by atoms with van der Waals surface area (Å²) in [5.74, 6) is 1.13. The lowest BCUT2D eigenvalue weighted by Gasteiger charge is -2.22. The number of hydrogen-bond acceptors (Lipinski definition) is 5. The van der Waals surface area contributed by atoms with Gasteiger partial charge in [-0.1, -0.05) is 6.92 Å². The molecule has 1 saturated heterocycles. The molecule has 22 heavy (non-hydrogen) atoms. The first kappa shape index (κ1) is 14.9. The highest BCUT2D eigenvalue weighted by Gasteiger charge is 2.35. The molecule has 0 saturated carbocycles. The number of amides is 1. The highest BCUT2D eigenvalue weighted by molar-refractivity contribution is 5.78. The third-order valence-electron chi connectivity index (χ3n) is 4.37. The first-order chi connectivity index (χ1) is 10.4. The van der Waals surface area contributed by atoms with Crippen LogP contribution in [0.25, 0.3) is 5.78 Å². The number of aryl methyl sites for hydroxylation is 2. The summed E-state index contributed by atoms with van der Waals surface area (Å²) in [6, 6.07) is 1.94. The van der Waals surface area contributed by atoms with Gasteiger partial charge in [-0.05, 0) is 38.3 Å². The van der Waals surface area contributed by atoms with Crippen LogP contribution in [0.15, 0.2) is 6.07 Å². The van der Waals surface area contributed by atoms with E-state index in [1.54, 1.807) is 4.52 Å². The monoisotopic (exact) mass is 302 g/mol. The number of hydrogen-bond donors (Lipinski definition) is 1. The number of nitrogens with two attached hydrogens (primary N) is 1. The average molecular weight is 302 g/mol. The van der Waals surface area contributed by atoms with E-state index in [9.17, 15) is 4.79 Å². The van der Waals surface area contributed by atoms with Gasteiger partial charge in [0.2, 0.25) is 5.91 Å². The van der Waals surface area contributed by atoms with Gasteiger partial charge in [-0.3, -0.25) is 4.79 Å². The van der Waals surface area contributed by atoms with Crippen LogP contribution >= 0.6 is 0 Å². The highest BCUT2D eigenvalue weighted by atomic mass is 16.2. The topological polar surface area (TPSA) is 89.4 Å². The van der Waals surface area contributed by atoms with Crippen molar-refractivity contribution in [1.29, 1.82) is 0 Å². The lowest BCUT2D eigenvalue weighted by atomic mass is 9.90. The SMILES string of the molecule is Cc1cc(C)n2nc(CC(=O)N3CCC(C)(CN)C3)nc2n1. The van der Waals surface area contributed by atoms with Gasteiger partial charge in [0, 0.05) is 24.5 Å². The van der Waals surface area contributed by atoms with Crippen LogP contribution in [0.3, 0.4) is 0 Å². The summed E-state index contributed by atoms with van der Waals surface area (Å²) < 4.78 is 1.68. The molecule has 0 aromatic carbocycles. The summed E-state index contributed by atoms with van der Waals surface area (Å²) in [6.45, 7) is 8.08. The maximum absolute atomic E-state index is 12.4. The van der Waals surface area contributed by atoms with Crippen molar-refractivity contribution in [3.8, 4) is 0 Å². The van der Waals surface area contributed by atoms with E-state index in [0.717, 1.165) is 24.4 Å². The molecule has 0 spiro atoms. The van der Waals surface area contributed by atoms with Crippen molar-refractivity contribution >= 4 is 11.7 Å². The minimum absolute atomic E-state index is 0.0389. The number of fused-ring (bicyclic) bond motifs is 1. The predicted molar refractivity (Wildman–Crippen MR) is 82.3 cm³/mol. The van der Waals surface area contributed by atoms with Crippen molar-refractivity contribution in [3.05, 3.63) is 23.3 Å². The maximum atomic E-state index is 12.4. The quantitative estimate of drug-likeness (QED) is 0.891. The van der Waals surface area contributed by atoms with Crippen molar-refractivity contribution in [2.75, 3.05) is 19.6 Å². The van der Waals surface area contributed by atoms with Crippen LogP contribution in [0, 0.1) is 19.3 Å². The molecule has 7 nitrogen and oxygen atoms in total. The van der Waals surface area contributed by atoms with E-state index >= 15 is 0 Å². The van der Waals surface area contributed by atoms with Crippen LogP contribution in [-0.2, 0) is 11.2 Å². The first-order valence-corrected chi connectivity index (χ1v) is 7.58. The first-order valence-electron chi connectivity index (χ1n) is 7.58. The van der Waals surface area contributed by atoms with E-state index < -0.39 is 0 Å². The zero-order valence-electron chi connectivity index (χ0n) is 13.3. The Morgan fingerprint density at radius 3 is 2.86 bits per heavy atom. The van der Waals surface area contributed by atoms with Crippen molar-refractivity contribution in [2.24, 2.45) is 11.1 Å². The number of carbonyl (C=O) groups excluding carboxylic acids is 1. The van der Waals surface area contributed by atoms with Crippen LogP contribution in [0.5, 0.6) is 0 Å². The minimum atomic E-state index is 0.0389. The molecule has 1 aliphatic rings. The molecule has 1 atom stereocenters. The normalized spacial score (nSPS) is 21.7. The molecule has 7 heteroatoms. The second kappa shape index (κ2) is 5.31. The van der Waals surface area contributed by atoms with E-state index in [-0.39, 0.29) is 17.7 Å². The molecule has 3 heterocycles. The smallest absolute Gasteiger partial charge is 0.252 e. The zero-order valence-corrected chi connectivity index (χ0v) is 13.3. The van der Waals surface area contributed by atoms with Crippen LogP contribution < -0.4 is 5.73 Å². The summed E-state index contributed by atoms with van der Waals surface area (Å²) in [4.78, 5) is 23.0. The molecule has 1 amide bonds. The van der Waals surface area contributed by atoms with Gasteiger partial charge in [-0.25, -0.2) is 9.50 Å². The lowest BCUT2D eigenvalue weighted by Crippen LogP contribution is -2.35. The number of likely N-dealkylation sites (tertiary alicyclic amines) is 1. The van der Waals surface area contributed by atoms with Crippen LogP contribution in [0.2, 0.25) is 0 Å². The van der Waals surface area contributed by atoms with Crippen molar-refractivity contribution < 1.29 is 4.79 Å². The molecule has 1 aliphatic heterocycles. The molecule has 2 N–H and O–H groups in total. The van der Waals surface area contributed by atoms with Gasteiger partial charge in [0.05, 0.1) is 6.42 Å². The fraction of sp³-hybridized carbons (Fsp3) is 0.600. The van der Waals surface area contributed by atoms with Crippen LogP contribution in [0.1, 0.15) is 30.6 Å². The summed E-state index contributed by atoms with van der Waals surface area (Å²) in [5, 5.41) is 4.39. The Kier molecular flexibility index (Phi) is 3.60. The molecule has 2 aromatic heterocycles. The van der Waals surface area contributed by atoms with E-state index in [1.807, 2.05) is 24.8 Å². The summed E-state index contributed by atoms with van der Waals surface area (Å²) in [6.07, 6.45) is 1.16. The third-order valence-corrected chi connectivity index (χ3v) is 4.37. The number of rotatable bonds is 3. The Labute approximate surface area is 129 Å². The molecule has 0 bridgehead atoms. The van der Waals surface area contributed by atoms with E-state index in [2.05, 4.69) is 22.0 Å². The molecule has 1 fully saturated rings. The highest BCUT2D eigenvalue weighted by Crippen LogP contribution is 2.28. The Hall–Kier alpha value is -2.02. The fourth-order valence-electron chi connectivity index (χ4n) is 2.93. The van der Waals surface area contributed by atoms with Crippen LogP contribution in [0.4, 0.5) is 0 Å². The molecule has 0 aliphatic carbocycles. The molecule has 0 radical (unpaired) electrons. The summed E-state index contributed by atoms with van der Waals surface area (Å²) >= 11 is 0. The van der Waals surface area contributed by atoms with Gasteiger partial charge in [-0.15, -0.1) is 5.10 Å². The summed E-state index contributed by atoms with van der Waals surface area (Å²) in [7, 11) is 0. The van der Waals surface area contributed by atoms with Crippen molar-refractivity contribution in [2.45, 2.75) is 33.6 Å². The van der Waals surface area contributed by atoms with Gasteiger partial charge in [0.25, 0.3) is 5.78 Å². The average Bonchev–Trinajstić information content (AvgIpc) is 3.03. The van der Waals surface area contributed by atoms with Gasteiger partial charge >= 0.3 is 0 Å². The standard InChI is InChI=1S/C15H22N6O/c1-10-6-11(2)21-14(17-10)18-12(19-21)7-13(22)20-5-4-15(3,8-16)9-20/h6H,4-5,7-9,16H2,1-3H3. The molecule has 1 unspecified atom stereocenters. The maximum Gasteiger partial charge on any atom is 0.252 e. The van der Waals surface area contributed by atoms with E-state index in [4.69, 9.17) is 5.73 Å². The minimum Gasteiger partial charge on any atom is -0.342 e. The Bertz CT molecular complexity index is 724. The Morgan fingerprint density at radius 2 is 2.18 bits per heavy atom. The Balaban J connectivity index is 1.76. The second-order valence-electron chi connectivity index (χ2n) is 6.54. The van der Waals surface area contributed by atoms with Gasteiger partial charge < -0.3 is 10.6 Å². The largest absolute Gasteiger partial charge is 0.342 e. The Morgan fingerprint density at radius 1 is 1.41 bits per heavy atom. The van der Waals surface area contributed by atoms with Crippen LogP contribution in [-0.4, -0.2) is 50.0 Å². The molecular formula is C15H22N6O. The predicted octanol–water partition coefficient (Wildman–Crippen LogP) is 0.481. The van der Waals surface area contributed by atoms with Crippen molar-refractivity contribution in [3.63, 3.8) is 0 Å². The third kappa shape index (κ3) is 2.68. The zero-order chi connectivity index (χ0) is 15.9. The fourth-order valence-corrected chi connectivity index (χ4v) is 2.93. The van der Waals surface area contributed by atoms with Gasteiger partial charge in [-0.2, -0.15) is 4.98 Å². The summed E-state index contributed by atoms with van der Waals surface area (Å²) in [5.41, 5.74) is 7.69. The number of carbonyl (C=O) groups is 1. The number of nitrogens with zero attached hydrogens (tertiary/aromatic N) is 5. The van der Waals surface area contributed by atoms with Gasteiger partial charge in [0.15, 0.2) is 5.82 Å². The van der Waals surface area contributed by atoms with E-state index in [1.165, 1.54) is 0 Å². The number of aromatic nitrogens is 4. The van der Waals surface area contributed by atoms with Gasteiger partial charge in [0.1, 0.15) is 0 Å². The molecular weight excluding hydrogens is 280 g/mol. The molecule has 118 valence electrons. The molecule has 2 aromatic rings. The van der Waals surface area contributed by atoms with Crippen molar-refractivity contribution in [1.82, 2.24) is 24.5 Å². The second-order valence-corrected chi connectivity index (χ2v) is 6.54. The molecule has 3 rings (SSSR count). The van der Waals surface area contributed by atoms with E-state index in [0.29, 0.717) is 24.7 Å². The lowest BCUT2D eigenvalue weighted by molar-refractivity contribution is -0.129.